The molecule has 1 rings (SSSR count). The van der Waals surface area contributed by atoms with E-state index in [1.807, 2.05) is 0 Å². The van der Waals surface area contributed by atoms with Crippen LogP contribution in [0.3, 0.4) is 0 Å². The van der Waals surface area contributed by atoms with Crippen LogP contribution in [0.2, 0.25) is 0 Å². The van der Waals surface area contributed by atoms with Crippen molar-refractivity contribution in [2.75, 3.05) is 13.7 Å². The third-order valence-corrected chi connectivity index (χ3v) is 2.27. The van der Waals surface area contributed by atoms with Crippen LogP contribution in [0, 0.1) is 11.3 Å². The van der Waals surface area contributed by atoms with E-state index in [2.05, 4.69) is 9.47 Å². The van der Waals surface area contributed by atoms with Gasteiger partial charge in [0.1, 0.15) is 17.4 Å². The van der Waals surface area contributed by atoms with E-state index in [-0.39, 0.29) is 12.2 Å². The summed E-state index contributed by atoms with van der Waals surface area (Å²) in [6.45, 7) is 1.48. The number of esters is 1. The molecule has 0 amide bonds. The van der Waals surface area contributed by atoms with Gasteiger partial charge in [0.05, 0.1) is 24.8 Å². The van der Waals surface area contributed by atoms with Crippen LogP contribution >= 0.6 is 0 Å². The number of ether oxygens (including phenoxy) is 2. The van der Waals surface area contributed by atoms with Gasteiger partial charge < -0.3 is 9.47 Å². The van der Waals surface area contributed by atoms with E-state index < -0.39 is 29.0 Å². The zero-order valence-corrected chi connectivity index (χ0v) is 10.2. The molecule has 0 unspecified atom stereocenters. The number of methoxy groups -OCH3 is 1. The minimum absolute atomic E-state index is 0.0247. The first-order chi connectivity index (χ1) is 8.86. The average Bonchev–Trinajstić information content (AvgIpc) is 2.35. The van der Waals surface area contributed by atoms with E-state index in [0.717, 1.165) is 13.2 Å². The number of halogens is 3. The Bertz CT molecular complexity index is 532. The predicted octanol–water partition coefficient (Wildman–Crippen LogP) is 2.76. The molecule has 0 aliphatic rings. The molecule has 0 atom stereocenters. The first-order valence-corrected chi connectivity index (χ1v) is 5.22. The summed E-state index contributed by atoms with van der Waals surface area (Å²) in [5.74, 6) is -1.73. The zero-order chi connectivity index (χ0) is 14.6. The number of nitrogens with zero attached hydrogens (tertiary/aromatic N) is 1. The second-order valence-corrected chi connectivity index (χ2v) is 3.40. The fraction of sp³-hybridized carbons (Fsp3) is 0.333. The van der Waals surface area contributed by atoms with Crippen LogP contribution in [-0.2, 0) is 10.9 Å². The number of rotatable bonds is 3. The monoisotopic (exact) mass is 273 g/mol. The van der Waals surface area contributed by atoms with Gasteiger partial charge in [-0.3, -0.25) is 0 Å². The smallest absolute Gasteiger partial charge is 0.419 e. The Morgan fingerprint density at radius 3 is 2.47 bits per heavy atom. The molecule has 0 fully saturated rings. The van der Waals surface area contributed by atoms with Gasteiger partial charge in [-0.15, -0.1) is 0 Å². The van der Waals surface area contributed by atoms with Crippen molar-refractivity contribution >= 4 is 5.97 Å². The van der Waals surface area contributed by atoms with E-state index >= 15 is 0 Å². The maximum absolute atomic E-state index is 12.8. The number of carbonyl (C=O) groups excluding carboxylic acids is 1. The second-order valence-electron chi connectivity index (χ2n) is 3.40. The molecule has 19 heavy (non-hydrogen) atoms. The molecule has 1 aromatic rings. The maximum atomic E-state index is 12.8. The molecule has 0 aromatic heterocycles. The van der Waals surface area contributed by atoms with Gasteiger partial charge in [0.25, 0.3) is 0 Å². The molecule has 4 nitrogen and oxygen atoms in total. The molecule has 0 aliphatic carbocycles. The molecule has 7 heteroatoms. The van der Waals surface area contributed by atoms with Crippen molar-refractivity contribution in [1.82, 2.24) is 0 Å². The molecule has 0 spiro atoms. The summed E-state index contributed by atoms with van der Waals surface area (Å²) in [7, 11) is 0.994. The molecule has 0 saturated carbocycles. The third-order valence-electron chi connectivity index (χ3n) is 2.27. The minimum Gasteiger partial charge on any atom is -0.495 e. The largest absolute Gasteiger partial charge is 0.495 e. The van der Waals surface area contributed by atoms with Crippen LogP contribution in [0.5, 0.6) is 5.75 Å². The van der Waals surface area contributed by atoms with Gasteiger partial charge in [0.15, 0.2) is 0 Å². The molecule has 0 saturated heterocycles. The van der Waals surface area contributed by atoms with Gasteiger partial charge in [-0.1, -0.05) is 0 Å². The van der Waals surface area contributed by atoms with Gasteiger partial charge in [0.2, 0.25) is 0 Å². The second kappa shape index (κ2) is 5.61. The molecular formula is C12H10F3NO3. The molecule has 0 aliphatic heterocycles. The number of hydrogen-bond acceptors (Lipinski definition) is 4. The fourth-order valence-electron chi connectivity index (χ4n) is 1.52. The van der Waals surface area contributed by atoms with E-state index in [4.69, 9.17) is 5.26 Å². The molecule has 0 radical (unpaired) electrons. The fourth-order valence-corrected chi connectivity index (χ4v) is 1.52. The van der Waals surface area contributed by atoms with E-state index in [1.165, 1.54) is 6.92 Å². The highest BCUT2D eigenvalue weighted by atomic mass is 19.4. The average molecular weight is 273 g/mol. The summed E-state index contributed by atoms with van der Waals surface area (Å²) < 4.78 is 47.6. The lowest BCUT2D eigenvalue weighted by Gasteiger charge is -2.15. The predicted molar refractivity (Wildman–Crippen MR) is 58.7 cm³/mol. The Morgan fingerprint density at radius 1 is 1.42 bits per heavy atom. The Labute approximate surface area is 107 Å². The van der Waals surface area contributed by atoms with Gasteiger partial charge in [-0.25, -0.2) is 4.79 Å². The summed E-state index contributed by atoms with van der Waals surface area (Å²) in [5.41, 5.74) is -1.87. The van der Waals surface area contributed by atoms with E-state index in [0.29, 0.717) is 6.07 Å². The lowest BCUT2D eigenvalue weighted by Crippen LogP contribution is -2.14. The lowest BCUT2D eigenvalue weighted by molar-refractivity contribution is -0.138. The summed E-state index contributed by atoms with van der Waals surface area (Å²) in [6, 6.07) is 3.25. The van der Waals surface area contributed by atoms with Crippen LogP contribution in [0.4, 0.5) is 13.2 Å². The normalized spacial score (nSPS) is 10.7. The molecular weight excluding hydrogens is 263 g/mol. The highest BCUT2D eigenvalue weighted by molar-refractivity contribution is 5.96. The Hall–Kier alpha value is -2.23. The summed E-state index contributed by atoms with van der Waals surface area (Å²) in [6.07, 6.45) is -4.69. The summed E-state index contributed by atoms with van der Waals surface area (Å²) >= 11 is 0. The number of carbonyl (C=O) groups is 1. The molecule has 0 N–H and O–H groups in total. The van der Waals surface area contributed by atoms with Gasteiger partial charge in [-0.2, -0.15) is 18.4 Å². The van der Waals surface area contributed by atoms with Gasteiger partial charge in [-0.05, 0) is 19.1 Å². The zero-order valence-electron chi connectivity index (χ0n) is 10.2. The van der Waals surface area contributed by atoms with Crippen LogP contribution < -0.4 is 4.74 Å². The SMILES string of the molecule is CCOC(=O)c1c(C#N)ccc(C(F)(F)F)c1OC. The van der Waals surface area contributed by atoms with Crippen molar-refractivity contribution in [3.05, 3.63) is 28.8 Å². The molecule has 102 valence electrons. The van der Waals surface area contributed by atoms with Crippen LogP contribution in [-0.4, -0.2) is 19.7 Å². The maximum Gasteiger partial charge on any atom is 0.419 e. The van der Waals surface area contributed by atoms with Gasteiger partial charge >= 0.3 is 12.1 Å². The van der Waals surface area contributed by atoms with Crippen molar-refractivity contribution in [3.8, 4) is 11.8 Å². The molecule has 0 bridgehead atoms. The highest BCUT2D eigenvalue weighted by Crippen LogP contribution is 2.39. The van der Waals surface area contributed by atoms with Crippen LogP contribution in [0.15, 0.2) is 12.1 Å². The quantitative estimate of drug-likeness (QED) is 0.794. The molecule has 1 aromatic carbocycles. The topological polar surface area (TPSA) is 59.3 Å². The van der Waals surface area contributed by atoms with Crippen molar-refractivity contribution in [2.24, 2.45) is 0 Å². The van der Waals surface area contributed by atoms with Crippen LogP contribution in [0.25, 0.3) is 0 Å². The van der Waals surface area contributed by atoms with Gasteiger partial charge in [0, 0.05) is 0 Å². The van der Waals surface area contributed by atoms with Crippen molar-refractivity contribution in [2.45, 2.75) is 13.1 Å². The summed E-state index contributed by atoms with van der Waals surface area (Å²) in [5, 5.41) is 8.85. The summed E-state index contributed by atoms with van der Waals surface area (Å²) in [4.78, 5) is 11.7. The van der Waals surface area contributed by atoms with Crippen LogP contribution in [0.1, 0.15) is 28.4 Å². The van der Waals surface area contributed by atoms with Crippen molar-refractivity contribution in [1.29, 1.82) is 5.26 Å². The minimum atomic E-state index is -4.69. The van der Waals surface area contributed by atoms with Crippen molar-refractivity contribution in [3.63, 3.8) is 0 Å². The first kappa shape index (κ1) is 14.8. The Kier molecular flexibility index (Phi) is 4.38. The lowest BCUT2D eigenvalue weighted by atomic mass is 10.0. The van der Waals surface area contributed by atoms with E-state index in [1.54, 1.807) is 6.07 Å². The highest BCUT2D eigenvalue weighted by Gasteiger charge is 2.37. The first-order valence-electron chi connectivity index (χ1n) is 5.22. The number of hydrogen-bond donors (Lipinski definition) is 0. The molecule has 0 heterocycles. The number of alkyl halides is 3. The number of benzene rings is 1. The Balaban J connectivity index is 3.57. The van der Waals surface area contributed by atoms with Crippen molar-refractivity contribution < 1.29 is 27.4 Å². The standard InChI is InChI=1S/C12H10F3NO3/c1-3-19-11(17)9-7(6-16)4-5-8(10(9)18-2)12(13,14)15/h4-5H,3H2,1-2H3. The Morgan fingerprint density at radius 2 is 2.05 bits per heavy atom. The third kappa shape index (κ3) is 2.96. The van der Waals surface area contributed by atoms with E-state index in [9.17, 15) is 18.0 Å². The number of nitriles is 1.